The number of nitrogens with zero attached hydrogens (tertiary/aromatic N) is 6. The summed E-state index contributed by atoms with van der Waals surface area (Å²) in [5.74, 6) is 0. The van der Waals surface area contributed by atoms with Crippen LogP contribution in [0, 0.1) is 6.92 Å². The molecule has 2 aliphatic rings. The summed E-state index contributed by atoms with van der Waals surface area (Å²) in [6.45, 7) is 7.45. The Kier molecular flexibility index (Phi) is 10.3. The van der Waals surface area contributed by atoms with Crippen LogP contribution in [-0.4, -0.2) is 82.0 Å². The number of likely N-dealkylation sites (N-methyl/N-ethyl adjacent to an activating group) is 1. The third-order valence-electron chi connectivity index (χ3n) is 5.80. The van der Waals surface area contributed by atoms with E-state index in [2.05, 4.69) is 33.1 Å². The zero-order valence-corrected chi connectivity index (χ0v) is 19.6. The van der Waals surface area contributed by atoms with E-state index in [-0.39, 0.29) is 10.9 Å². The lowest BCUT2D eigenvalue weighted by molar-refractivity contribution is -0.915. The number of rotatable bonds is 6. The van der Waals surface area contributed by atoms with Crippen molar-refractivity contribution in [3.8, 4) is 0 Å². The first-order valence-electron chi connectivity index (χ1n) is 10.8. The molecule has 0 aromatic heterocycles. The number of ether oxygens (including phenoxy) is 1. The van der Waals surface area contributed by atoms with E-state index in [1.165, 1.54) is 12.1 Å². The van der Waals surface area contributed by atoms with Crippen molar-refractivity contribution in [1.82, 2.24) is 0 Å². The first kappa shape index (κ1) is 26.0. The molecule has 1 aromatic carbocycles. The normalized spacial score (nSPS) is 22.3. The van der Waals surface area contributed by atoms with E-state index < -0.39 is 10.1 Å². The molecule has 1 aliphatic heterocycles. The Hall–Kier alpha value is -2.26. The van der Waals surface area contributed by atoms with Gasteiger partial charge in [0.2, 0.25) is 0 Å². The van der Waals surface area contributed by atoms with Crippen LogP contribution in [0.5, 0.6) is 0 Å². The molecule has 0 unspecified atom stereocenters. The molecular formula is C21H32N6O4S. The number of benzene rings is 1. The molecule has 1 heterocycles. The summed E-state index contributed by atoms with van der Waals surface area (Å²) < 4.78 is 37.6. The molecule has 1 saturated heterocycles. The van der Waals surface area contributed by atoms with Crippen molar-refractivity contribution >= 4 is 16.1 Å². The maximum atomic E-state index is 10.4. The van der Waals surface area contributed by atoms with Crippen LogP contribution in [0.2, 0.25) is 0 Å². The van der Waals surface area contributed by atoms with Gasteiger partial charge < -0.3 is 13.8 Å². The van der Waals surface area contributed by atoms with Gasteiger partial charge in [-0.3, -0.25) is 0 Å². The number of morpholine rings is 1. The predicted octanol–water partition coefficient (Wildman–Crippen LogP) is 3.16. The van der Waals surface area contributed by atoms with Crippen LogP contribution in [0.1, 0.15) is 31.2 Å². The third kappa shape index (κ3) is 9.48. The Labute approximate surface area is 190 Å². The molecule has 1 saturated carbocycles. The summed E-state index contributed by atoms with van der Waals surface area (Å²) in [6, 6.07) is 9.10. The number of azide groups is 1. The van der Waals surface area contributed by atoms with Gasteiger partial charge in [0, 0.05) is 11.0 Å². The van der Waals surface area contributed by atoms with E-state index in [9.17, 15) is 13.0 Å². The number of quaternary nitrogens is 1. The van der Waals surface area contributed by atoms with E-state index >= 15 is 0 Å². The zero-order valence-electron chi connectivity index (χ0n) is 18.8. The minimum atomic E-state index is -4.27. The SMILES string of the molecule is C[N+]1(CCN=C=NC2CCC(N=[N+]=[N-])CC2)CCOCC1.Cc1ccc(S(=O)(=O)[O-])cc1. The highest BCUT2D eigenvalue weighted by Crippen LogP contribution is 2.23. The standard InChI is InChI=1S/C14H25N6O.C7H8O3S/c1-20(8-10-21-11-9-20)7-6-16-12-17-13-2-4-14(5-3-13)18-19-15;1-6-2-4-7(5-3-6)11(8,9)10/h13-14H,2-11H2,1H3;2-5H,1H3,(H,8,9,10)/q+1;/p-1. The van der Waals surface area contributed by atoms with Gasteiger partial charge in [-0.15, -0.1) is 0 Å². The lowest BCUT2D eigenvalue weighted by Crippen LogP contribution is -2.53. The molecule has 0 amide bonds. The summed E-state index contributed by atoms with van der Waals surface area (Å²) >= 11 is 0. The fraction of sp³-hybridized carbons (Fsp3) is 0.667. The molecule has 0 N–H and O–H groups in total. The van der Waals surface area contributed by atoms with Gasteiger partial charge in [-0.05, 0) is 50.3 Å². The van der Waals surface area contributed by atoms with E-state index in [4.69, 9.17) is 10.3 Å². The van der Waals surface area contributed by atoms with Gasteiger partial charge in [0.1, 0.15) is 23.2 Å². The second-order valence-corrected chi connectivity index (χ2v) is 9.83. The summed E-state index contributed by atoms with van der Waals surface area (Å²) in [6.07, 6.45) is 3.79. The van der Waals surface area contributed by atoms with E-state index in [1.807, 2.05) is 6.92 Å². The molecular weight excluding hydrogens is 432 g/mol. The second kappa shape index (κ2) is 12.7. The molecule has 32 heavy (non-hydrogen) atoms. The third-order valence-corrected chi connectivity index (χ3v) is 6.65. The van der Waals surface area contributed by atoms with Crippen molar-refractivity contribution in [2.24, 2.45) is 15.1 Å². The van der Waals surface area contributed by atoms with Gasteiger partial charge in [-0.2, -0.15) is 0 Å². The van der Waals surface area contributed by atoms with Crippen molar-refractivity contribution in [1.29, 1.82) is 0 Å². The van der Waals surface area contributed by atoms with Crippen LogP contribution in [0.15, 0.2) is 44.3 Å². The molecule has 2 fully saturated rings. The van der Waals surface area contributed by atoms with Crippen LogP contribution >= 0.6 is 0 Å². The highest BCUT2D eigenvalue weighted by atomic mass is 32.2. The molecule has 10 nitrogen and oxygen atoms in total. The maximum Gasteiger partial charge on any atom is 0.124 e. The Morgan fingerprint density at radius 2 is 1.75 bits per heavy atom. The summed E-state index contributed by atoms with van der Waals surface area (Å²) in [5.41, 5.74) is 9.34. The smallest absolute Gasteiger partial charge is 0.124 e. The van der Waals surface area contributed by atoms with Gasteiger partial charge >= 0.3 is 0 Å². The number of aliphatic imine (C=N–C) groups is 2. The number of hydrogen-bond donors (Lipinski definition) is 0. The van der Waals surface area contributed by atoms with Gasteiger partial charge in [0.05, 0.1) is 50.3 Å². The molecule has 0 spiro atoms. The molecule has 176 valence electrons. The Morgan fingerprint density at radius 1 is 1.16 bits per heavy atom. The largest absolute Gasteiger partial charge is 0.744 e. The predicted molar refractivity (Wildman–Crippen MR) is 121 cm³/mol. The monoisotopic (exact) mass is 464 g/mol. The summed E-state index contributed by atoms with van der Waals surface area (Å²) in [5, 5.41) is 3.77. The summed E-state index contributed by atoms with van der Waals surface area (Å²) in [4.78, 5) is 11.4. The average Bonchev–Trinajstić information content (AvgIpc) is 2.75. The lowest BCUT2D eigenvalue weighted by atomic mass is 9.92. The van der Waals surface area contributed by atoms with Gasteiger partial charge in [-0.1, -0.05) is 22.8 Å². The Bertz CT molecular complexity index is 924. The first-order chi connectivity index (χ1) is 15.2. The van der Waals surface area contributed by atoms with Crippen molar-refractivity contribution < 1.29 is 22.2 Å². The van der Waals surface area contributed by atoms with Crippen LogP contribution in [0.4, 0.5) is 0 Å². The average molecular weight is 465 g/mol. The fourth-order valence-corrected chi connectivity index (χ4v) is 4.02. The van der Waals surface area contributed by atoms with Crippen molar-refractivity contribution in [3.05, 3.63) is 40.3 Å². The van der Waals surface area contributed by atoms with Crippen molar-refractivity contribution in [2.75, 3.05) is 46.4 Å². The molecule has 11 heteroatoms. The minimum absolute atomic E-state index is 0.157. The molecule has 0 atom stereocenters. The van der Waals surface area contributed by atoms with Crippen molar-refractivity contribution in [2.45, 2.75) is 49.6 Å². The van der Waals surface area contributed by atoms with Crippen LogP contribution in [0.3, 0.4) is 0 Å². The van der Waals surface area contributed by atoms with Crippen molar-refractivity contribution in [3.63, 3.8) is 0 Å². The molecule has 3 rings (SSSR count). The number of aryl methyl sites for hydroxylation is 1. The summed E-state index contributed by atoms with van der Waals surface area (Å²) in [7, 11) is -2.01. The quantitative estimate of drug-likeness (QED) is 0.159. The van der Waals surface area contributed by atoms with Crippen LogP contribution < -0.4 is 0 Å². The zero-order chi connectivity index (χ0) is 23.5. The van der Waals surface area contributed by atoms with Crippen LogP contribution in [-0.2, 0) is 14.9 Å². The van der Waals surface area contributed by atoms with E-state index in [0.717, 1.165) is 75.1 Å². The molecule has 0 bridgehead atoms. The highest BCUT2D eigenvalue weighted by Gasteiger charge is 2.24. The van der Waals surface area contributed by atoms with Gasteiger partial charge in [0.25, 0.3) is 0 Å². The van der Waals surface area contributed by atoms with E-state index in [1.54, 1.807) is 12.1 Å². The van der Waals surface area contributed by atoms with E-state index in [0.29, 0.717) is 6.04 Å². The second-order valence-electron chi connectivity index (χ2n) is 8.45. The Balaban J connectivity index is 0.000000278. The Morgan fingerprint density at radius 3 is 2.31 bits per heavy atom. The topological polar surface area (TPSA) is 140 Å². The molecule has 1 aromatic rings. The van der Waals surface area contributed by atoms with Crippen LogP contribution in [0.25, 0.3) is 10.4 Å². The van der Waals surface area contributed by atoms with Gasteiger partial charge in [-0.25, -0.2) is 18.4 Å². The number of hydrogen-bond acceptors (Lipinski definition) is 7. The lowest BCUT2D eigenvalue weighted by Gasteiger charge is -2.36. The fourth-order valence-electron chi connectivity index (χ4n) is 3.55. The highest BCUT2D eigenvalue weighted by molar-refractivity contribution is 7.85. The maximum absolute atomic E-state index is 10.4. The molecule has 1 aliphatic carbocycles. The minimum Gasteiger partial charge on any atom is -0.744 e. The molecule has 0 radical (unpaired) electrons. The first-order valence-corrected chi connectivity index (χ1v) is 12.2. The van der Waals surface area contributed by atoms with Gasteiger partial charge in [0.15, 0.2) is 0 Å².